The Morgan fingerprint density at radius 2 is 2.00 bits per heavy atom. The Hall–Kier alpha value is -1.56. The molecular formula is C16H22BrNO4. The largest absolute Gasteiger partial charge is 0.469 e. The Morgan fingerprint density at radius 3 is 2.55 bits per heavy atom. The molecule has 1 rings (SSSR count). The molecule has 0 bridgehead atoms. The molecule has 0 aliphatic rings. The Balaban J connectivity index is 2.75. The van der Waals surface area contributed by atoms with Gasteiger partial charge in [0.15, 0.2) is 0 Å². The molecule has 22 heavy (non-hydrogen) atoms. The summed E-state index contributed by atoms with van der Waals surface area (Å²) in [6.07, 6.45) is 0.0483. The Morgan fingerprint density at radius 1 is 1.32 bits per heavy atom. The van der Waals surface area contributed by atoms with Crippen LogP contribution < -0.4 is 5.32 Å². The smallest absolute Gasteiger partial charge is 0.407 e. The summed E-state index contributed by atoms with van der Waals surface area (Å²) in [7, 11) is 1.33. The maximum Gasteiger partial charge on any atom is 0.407 e. The number of nitrogens with one attached hydrogen (secondary N) is 1. The van der Waals surface area contributed by atoms with Crippen molar-refractivity contribution in [3.8, 4) is 0 Å². The van der Waals surface area contributed by atoms with Crippen LogP contribution in [0.5, 0.6) is 0 Å². The fraction of sp³-hybridized carbons (Fsp3) is 0.500. The third-order valence-electron chi connectivity index (χ3n) is 2.73. The van der Waals surface area contributed by atoms with E-state index in [1.807, 2.05) is 24.3 Å². The van der Waals surface area contributed by atoms with Crippen LogP contribution in [0.25, 0.3) is 0 Å². The van der Waals surface area contributed by atoms with Crippen molar-refractivity contribution >= 4 is 28.0 Å². The average molecular weight is 372 g/mol. The molecule has 122 valence electrons. The van der Waals surface area contributed by atoms with Gasteiger partial charge in [-0.25, -0.2) is 4.79 Å². The molecule has 1 amide bonds. The highest BCUT2D eigenvalue weighted by Gasteiger charge is 2.22. The molecule has 0 spiro atoms. The first-order chi connectivity index (χ1) is 10.2. The van der Waals surface area contributed by atoms with Crippen molar-refractivity contribution in [1.82, 2.24) is 5.32 Å². The fourth-order valence-electron chi connectivity index (χ4n) is 1.88. The lowest BCUT2D eigenvalue weighted by Crippen LogP contribution is -2.41. The van der Waals surface area contributed by atoms with E-state index in [1.54, 1.807) is 20.8 Å². The van der Waals surface area contributed by atoms with Crippen molar-refractivity contribution in [2.24, 2.45) is 0 Å². The van der Waals surface area contributed by atoms with Crippen molar-refractivity contribution in [2.75, 3.05) is 7.11 Å². The van der Waals surface area contributed by atoms with E-state index in [0.29, 0.717) is 6.42 Å². The molecule has 0 aromatic heterocycles. The molecule has 0 aliphatic heterocycles. The van der Waals surface area contributed by atoms with Crippen molar-refractivity contribution in [3.63, 3.8) is 0 Å². The minimum atomic E-state index is -0.588. The topological polar surface area (TPSA) is 64.6 Å². The van der Waals surface area contributed by atoms with Crippen LogP contribution in [-0.2, 0) is 20.7 Å². The summed E-state index contributed by atoms with van der Waals surface area (Å²) in [5.74, 6) is -0.379. The molecule has 0 heterocycles. The molecule has 0 radical (unpaired) electrons. The maximum atomic E-state index is 11.9. The highest BCUT2D eigenvalue weighted by atomic mass is 79.9. The van der Waals surface area contributed by atoms with E-state index in [9.17, 15) is 9.59 Å². The molecule has 1 aromatic carbocycles. The van der Waals surface area contributed by atoms with Gasteiger partial charge >= 0.3 is 12.1 Å². The first-order valence-corrected chi connectivity index (χ1v) is 7.79. The maximum absolute atomic E-state index is 11.9. The van der Waals surface area contributed by atoms with E-state index in [-0.39, 0.29) is 12.4 Å². The number of carbonyl (C=O) groups is 2. The lowest BCUT2D eigenvalue weighted by Gasteiger charge is -2.23. The molecule has 6 heteroatoms. The van der Waals surface area contributed by atoms with Gasteiger partial charge in [-0.1, -0.05) is 28.1 Å². The minimum absolute atomic E-state index is 0.0856. The number of esters is 1. The van der Waals surface area contributed by atoms with Crippen LogP contribution in [-0.4, -0.2) is 30.8 Å². The lowest BCUT2D eigenvalue weighted by atomic mass is 10.0. The zero-order chi connectivity index (χ0) is 16.8. The van der Waals surface area contributed by atoms with Crippen LogP contribution in [0.1, 0.15) is 32.8 Å². The minimum Gasteiger partial charge on any atom is -0.469 e. The second kappa shape index (κ2) is 8.17. The fourth-order valence-corrected chi connectivity index (χ4v) is 2.33. The summed E-state index contributed by atoms with van der Waals surface area (Å²) in [6.45, 7) is 5.36. The summed E-state index contributed by atoms with van der Waals surface area (Å²) >= 11 is 3.40. The molecule has 0 saturated heterocycles. The van der Waals surface area contributed by atoms with E-state index in [2.05, 4.69) is 26.0 Å². The highest BCUT2D eigenvalue weighted by Crippen LogP contribution is 2.15. The van der Waals surface area contributed by atoms with Gasteiger partial charge in [-0.15, -0.1) is 0 Å². The van der Waals surface area contributed by atoms with E-state index < -0.39 is 17.7 Å². The number of carbonyl (C=O) groups excluding carboxylic acids is 2. The monoisotopic (exact) mass is 371 g/mol. The third kappa shape index (κ3) is 7.45. The summed E-state index contributed by atoms with van der Waals surface area (Å²) in [4.78, 5) is 23.4. The Bertz CT molecular complexity index is 525. The van der Waals surface area contributed by atoms with E-state index in [1.165, 1.54) is 7.11 Å². The number of ether oxygens (including phenoxy) is 2. The predicted octanol–water partition coefficient (Wildman–Crippen LogP) is 3.45. The second-order valence-corrected chi connectivity index (χ2v) is 6.87. The quantitative estimate of drug-likeness (QED) is 0.805. The number of alkyl carbamates (subject to hydrolysis) is 1. The molecule has 1 N–H and O–H groups in total. The number of rotatable bonds is 5. The van der Waals surface area contributed by atoms with Gasteiger partial charge in [-0.2, -0.15) is 0 Å². The number of halogens is 1. The van der Waals surface area contributed by atoms with Gasteiger partial charge in [0.05, 0.1) is 13.5 Å². The van der Waals surface area contributed by atoms with Crippen LogP contribution >= 0.6 is 15.9 Å². The van der Waals surface area contributed by atoms with Crippen molar-refractivity contribution in [1.29, 1.82) is 0 Å². The molecule has 0 fully saturated rings. The summed E-state index contributed by atoms with van der Waals surface area (Å²) in [6, 6.07) is 7.31. The molecule has 1 aromatic rings. The zero-order valence-electron chi connectivity index (χ0n) is 13.3. The van der Waals surface area contributed by atoms with Gasteiger partial charge in [0, 0.05) is 10.5 Å². The molecular weight excluding hydrogens is 350 g/mol. The molecule has 0 aliphatic carbocycles. The highest BCUT2D eigenvalue weighted by molar-refractivity contribution is 9.10. The third-order valence-corrected chi connectivity index (χ3v) is 3.23. The van der Waals surface area contributed by atoms with Gasteiger partial charge < -0.3 is 14.8 Å². The molecule has 0 unspecified atom stereocenters. The Labute approximate surface area is 139 Å². The number of benzene rings is 1. The average Bonchev–Trinajstić information content (AvgIpc) is 2.35. The predicted molar refractivity (Wildman–Crippen MR) is 87.6 cm³/mol. The van der Waals surface area contributed by atoms with Crippen LogP contribution in [0, 0.1) is 0 Å². The first kappa shape index (κ1) is 18.5. The van der Waals surface area contributed by atoms with E-state index in [0.717, 1.165) is 10.0 Å². The summed E-state index contributed by atoms with van der Waals surface area (Å²) < 4.78 is 10.9. The number of amides is 1. The summed E-state index contributed by atoms with van der Waals surface area (Å²) in [5, 5.41) is 2.73. The zero-order valence-corrected chi connectivity index (χ0v) is 14.9. The van der Waals surface area contributed by atoms with Gasteiger partial charge in [0.1, 0.15) is 5.60 Å². The van der Waals surface area contributed by atoms with Gasteiger partial charge in [-0.05, 0) is 44.9 Å². The summed E-state index contributed by atoms with van der Waals surface area (Å²) in [5.41, 5.74) is 0.412. The van der Waals surface area contributed by atoms with Crippen LogP contribution in [0.2, 0.25) is 0 Å². The van der Waals surface area contributed by atoms with Gasteiger partial charge in [0.2, 0.25) is 0 Å². The number of hydrogen-bond acceptors (Lipinski definition) is 4. The SMILES string of the molecule is COC(=O)C[C@@H](Cc1cccc(Br)c1)NC(=O)OC(C)(C)C. The second-order valence-electron chi connectivity index (χ2n) is 5.96. The van der Waals surface area contributed by atoms with Crippen LogP contribution in [0.3, 0.4) is 0 Å². The van der Waals surface area contributed by atoms with Crippen molar-refractivity contribution in [3.05, 3.63) is 34.3 Å². The first-order valence-electron chi connectivity index (χ1n) is 7.00. The number of hydrogen-bond donors (Lipinski definition) is 1. The van der Waals surface area contributed by atoms with E-state index >= 15 is 0 Å². The van der Waals surface area contributed by atoms with Crippen molar-refractivity contribution < 1.29 is 19.1 Å². The van der Waals surface area contributed by atoms with Gasteiger partial charge in [0.25, 0.3) is 0 Å². The molecule has 1 atom stereocenters. The normalized spacial score (nSPS) is 12.4. The van der Waals surface area contributed by atoms with E-state index in [4.69, 9.17) is 4.74 Å². The van der Waals surface area contributed by atoms with Crippen LogP contribution in [0.15, 0.2) is 28.7 Å². The molecule has 0 saturated carbocycles. The molecule has 5 nitrogen and oxygen atoms in total. The lowest BCUT2D eigenvalue weighted by molar-refractivity contribution is -0.141. The standard InChI is InChI=1S/C16H22BrNO4/c1-16(2,3)22-15(20)18-13(10-14(19)21-4)9-11-6-5-7-12(17)8-11/h5-8,13H,9-10H2,1-4H3,(H,18,20)/t13-/m1/s1. The van der Waals surface area contributed by atoms with Crippen LogP contribution in [0.4, 0.5) is 4.79 Å². The van der Waals surface area contributed by atoms with Crippen molar-refractivity contribution in [2.45, 2.75) is 45.3 Å². The van der Waals surface area contributed by atoms with Gasteiger partial charge in [-0.3, -0.25) is 4.79 Å². The number of methoxy groups -OCH3 is 1. The Kier molecular flexibility index (Phi) is 6.87.